The van der Waals surface area contributed by atoms with E-state index in [-0.39, 0.29) is 24.8 Å². The van der Waals surface area contributed by atoms with E-state index in [0.717, 1.165) is 0 Å². The molecule has 0 atom stereocenters. The number of carbonyl (C=O) groups excluding carboxylic acids is 1. The molecule has 1 aromatic rings. The molecule has 0 saturated heterocycles. The van der Waals surface area contributed by atoms with Gasteiger partial charge in [-0.3, -0.25) is 0 Å². The van der Waals surface area contributed by atoms with Crippen molar-refractivity contribution in [2.45, 2.75) is 0 Å². The van der Waals surface area contributed by atoms with Gasteiger partial charge in [0.25, 0.3) is 0 Å². The van der Waals surface area contributed by atoms with E-state index < -0.39 is 5.97 Å². The van der Waals surface area contributed by atoms with Crippen molar-refractivity contribution < 1.29 is 9.53 Å². The van der Waals surface area contributed by atoms with E-state index in [0.29, 0.717) is 5.69 Å². The first kappa shape index (κ1) is 13.8. The molecule has 1 heterocycles. The van der Waals surface area contributed by atoms with Crippen LogP contribution in [-0.2, 0) is 4.74 Å². The third-order valence-corrected chi connectivity index (χ3v) is 1.06. The molecular weight excluding hydrogens is 201 g/mol. The number of nitrogens with zero attached hydrogens (tertiary/aromatic N) is 1. The highest BCUT2D eigenvalue weighted by molar-refractivity contribution is 5.86. The number of hydrogen-bond acceptors (Lipinski definition) is 3. The van der Waals surface area contributed by atoms with E-state index in [1.165, 1.54) is 7.11 Å². The average molecular weight is 210 g/mol. The molecule has 1 aromatic heterocycles. The van der Waals surface area contributed by atoms with Crippen LogP contribution >= 0.6 is 24.8 Å². The van der Waals surface area contributed by atoms with Crippen LogP contribution in [0.5, 0.6) is 0 Å². The summed E-state index contributed by atoms with van der Waals surface area (Å²) >= 11 is 0. The van der Waals surface area contributed by atoms with Gasteiger partial charge in [0.2, 0.25) is 0 Å². The molecule has 0 spiro atoms. The minimum absolute atomic E-state index is 0. The monoisotopic (exact) mass is 209 g/mol. The lowest BCUT2D eigenvalue weighted by Gasteiger charge is -1.94. The summed E-state index contributed by atoms with van der Waals surface area (Å²) in [6, 6.07) is 5.08. The predicted octanol–water partition coefficient (Wildman–Crippen LogP) is 1.71. The first-order valence-electron chi connectivity index (χ1n) is 2.84. The van der Waals surface area contributed by atoms with Crippen molar-refractivity contribution in [3.8, 4) is 0 Å². The van der Waals surface area contributed by atoms with Crippen molar-refractivity contribution in [1.29, 1.82) is 0 Å². The van der Waals surface area contributed by atoms with E-state index in [9.17, 15) is 4.79 Å². The van der Waals surface area contributed by atoms with Gasteiger partial charge in [0, 0.05) is 6.20 Å². The van der Waals surface area contributed by atoms with E-state index >= 15 is 0 Å². The highest BCUT2D eigenvalue weighted by Crippen LogP contribution is 1.93. The van der Waals surface area contributed by atoms with Crippen LogP contribution in [0.25, 0.3) is 0 Å². The first-order valence-corrected chi connectivity index (χ1v) is 2.84. The van der Waals surface area contributed by atoms with Gasteiger partial charge in [0.15, 0.2) is 0 Å². The van der Waals surface area contributed by atoms with E-state index in [1.54, 1.807) is 24.4 Å². The second-order valence-electron chi connectivity index (χ2n) is 1.71. The Labute approximate surface area is 83.0 Å². The topological polar surface area (TPSA) is 39.2 Å². The Hall–Kier alpha value is -0.800. The molecule has 0 amide bonds. The van der Waals surface area contributed by atoms with E-state index in [2.05, 4.69) is 9.72 Å². The highest BCUT2D eigenvalue weighted by Gasteiger charge is 2.02. The standard InChI is InChI=1S/C7H7NO2.2ClH/c1-10-7(9)6-4-2-3-5-8-6;;/h2-5H,1H3;2*1H. The van der Waals surface area contributed by atoms with Crippen LogP contribution in [0.15, 0.2) is 24.4 Å². The zero-order chi connectivity index (χ0) is 7.40. The van der Waals surface area contributed by atoms with Crippen molar-refractivity contribution in [3.63, 3.8) is 0 Å². The Morgan fingerprint density at radius 1 is 1.42 bits per heavy atom. The number of carbonyl (C=O) groups is 1. The fourth-order valence-corrected chi connectivity index (χ4v) is 0.588. The van der Waals surface area contributed by atoms with Crippen molar-refractivity contribution in [2.24, 2.45) is 0 Å². The molecule has 0 aliphatic carbocycles. The molecule has 0 aromatic carbocycles. The van der Waals surface area contributed by atoms with Gasteiger partial charge in [-0.2, -0.15) is 0 Å². The third-order valence-electron chi connectivity index (χ3n) is 1.06. The number of methoxy groups -OCH3 is 1. The van der Waals surface area contributed by atoms with Crippen LogP contribution < -0.4 is 0 Å². The molecule has 0 bridgehead atoms. The fourth-order valence-electron chi connectivity index (χ4n) is 0.588. The first-order chi connectivity index (χ1) is 4.84. The highest BCUT2D eigenvalue weighted by atomic mass is 35.5. The summed E-state index contributed by atoms with van der Waals surface area (Å²) in [4.78, 5) is 14.5. The van der Waals surface area contributed by atoms with E-state index in [1.807, 2.05) is 0 Å². The molecule has 68 valence electrons. The summed E-state index contributed by atoms with van der Waals surface area (Å²) in [5, 5.41) is 0. The third kappa shape index (κ3) is 3.55. The van der Waals surface area contributed by atoms with Gasteiger partial charge in [-0.25, -0.2) is 9.78 Å². The molecule has 0 N–H and O–H groups in total. The Balaban J connectivity index is 0. The summed E-state index contributed by atoms with van der Waals surface area (Å²) in [5.41, 5.74) is 0.338. The number of hydrogen-bond donors (Lipinski definition) is 0. The number of esters is 1. The van der Waals surface area contributed by atoms with Crippen LogP contribution in [0.4, 0.5) is 0 Å². The van der Waals surface area contributed by atoms with Crippen LogP contribution in [0.2, 0.25) is 0 Å². The van der Waals surface area contributed by atoms with Gasteiger partial charge < -0.3 is 4.74 Å². The van der Waals surface area contributed by atoms with E-state index in [4.69, 9.17) is 0 Å². The number of ether oxygens (including phenoxy) is 1. The molecule has 1 rings (SSSR count). The van der Waals surface area contributed by atoms with Crippen molar-refractivity contribution in [1.82, 2.24) is 4.98 Å². The molecule has 0 aliphatic heterocycles. The maximum Gasteiger partial charge on any atom is 0.356 e. The van der Waals surface area contributed by atoms with Crippen molar-refractivity contribution in [2.75, 3.05) is 7.11 Å². The van der Waals surface area contributed by atoms with Gasteiger partial charge >= 0.3 is 5.97 Å². The Morgan fingerprint density at radius 2 is 2.08 bits per heavy atom. The second kappa shape index (κ2) is 6.88. The molecule has 12 heavy (non-hydrogen) atoms. The Morgan fingerprint density at radius 3 is 2.50 bits per heavy atom. The number of halogens is 2. The molecule has 3 nitrogen and oxygen atoms in total. The van der Waals surface area contributed by atoms with Gasteiger partial charge in [-0.1, -0.05) is 6.07 Å². The molecule has 0 fully saturated rings. The zero-order valence-electron chi connectivity index (χ0n) is 6.39. The van der Waals surface area contributed by atoms with Gasteiger partial charge in [0.05, 0.1) is 7.11 Å². The summed E-state index contributed by atoms with van der Waals surface area (Å²) in [6.45, 7) is 0. The van der Waals surface area contributed by atoms with Gasteiger partial charge in [-0.05, 0) is 12.1 Å². The fraction of sp³-hybridized carbons (Fsp3) is 0.143. The number of pyridine rings is 1. The summed E-state index contributed by atoms with van der Waals surface area (Å²) < 4.78 is 4.43. The smallest absolute Gasteiger partial charge is 0.356 e. The van der Waals surface area contributed by atoms with Crippen LogP contribution in [0, 0.1) is 0 Å². The lowest BCUT2D eigenvalue weighted by atomic mass is 10.4. The number of rotatable bonds is 1. The minimum Gasteiger partial charge on any atom is -0.464 e. The maximum atomic E-state index is 10.7. The van der Waals surface area contributed by atoms with Crippen LogP contribution in [0.1, 0.15) is 10.5 Å². The molecule has 5 heteroatoms. The largest absolute Gasteiger partial charge is 0.464 e. The summed E-state index contributed by atoms with van der Waals surface area (Å²) in [5.74, 6) is -0.402. The average Bonchev–Trinajstić information content (AvgIpc) is 2.05. The molecular formula is C7H9Cl2NO2. The SMILES string of the molecule is COC(=O)c1ccccn1.Cl.Cl. The quantitative estimate of drug-likeness (QED) is 0.662. The predicted molar refractivity (Wildman–Crippen MR) is 50.1 cm³/mol. The summed E-state index contributed by atoms with van der Waals surface area (Å²) in [7, 11) is 1.33. The van der Waals surface area contributed by atoms with Crippen molar-refractivity contribution in [3.05, 3.63) is 30.1 Å². The van der Waals surface area contributed by atoms with Gasteiger partial charge in [0.1, 0.15) is 5.69 Å². The molecule has 0 saturated carbocycles. The van der Waals surface area contributed by atoms with Crippen LogP contribution in [0.3, 0.4) is 0 Å². The maximum absolute atomic E-state index is 10.7. The lowest BCUT2D eigenvalue weighted by Crippen LogP contribution is -2.02. The second-order valence-corrected chi connectivity index (χ2v) is 1.71. The van der Waals surface area contributed by atoms with Crippen molar-refractivity contribution >= 4 is 30.8 Å². The summed E-state index contributed by atoms with van der Waals surface area (Å²) in [6.07, 6.45) is 1.55. The van der Waals surface area contributed by atoms with Gasteiger partial charge in [-0.15, -0.1) is 24.8 Å². The van der Waals surface area contributed by atoms with Crippen LogP contribution in [-0.4, -0.2) is 18.1 Å². The molecule has 0 radical (unpaired) electrons. The number of aromatic nitrogens is 1. The molecule has 0 unspecified atom stereocenters. The minimum atomic E-state index is -0.402. The normalized spacial score (nSPS) is 7.42. The Kier molecular flexibility index (Phi) is 7.90. The lowest BCUT2D eigenvalue weighted by molar-refractivity contribution is 0.0594. The Bertz CT molecular complexity index is 228. The molecule has 0 aliphatic rings. The zero-order valence-corrected chi connectivity index (χ0v) is 8.02.